The molecule has 0 saturated heterocycles. The lowest BCUT2D eigenvalue weighted by Crippen LogP contribution is -2.45. The average Bonchev–Trinajstić information content (AvgIpc) is 3.02. The molecule has 1 heterocycles. The van der Waals surface area contributed by atoms with E-state index in [0.717, 1.165) is 27.1 Å². The highest BCUT2D eigenvalue weighted by Crippen LogP contribution is 2.32. The van der Waals surface area contributed by atoms with Gasteiger partial charge in [-0.3, -0.25) is 14.4 Å². The van der Waals surface area contributed by atoms with Crippen molar-refractivity contribution < 1.29 is 13.2 Å². The zero-order valence-electron chi connectivity index (χ0n) is 14.8. The Labute approximate surface area is 176 Å². The van der Waals surface area contributed by atoms with E-state index in [0.29, 0.717) is 10.2 Å². The molecule has 0 unspecified atom stereocenters. The van der Waals surface area contributed by atoms with Crippen molar-refractivity contribution in [3.63, 3.8) is 0 Å². The van der Waals surface area contributed by atoms with Crippen molar-refractivity contribution in [3.8, 4) is 0 Å². The maximum atomic E-state index is 12.6. The number of sulfonamides is 1. The highest BCUT2D eigenvalue weighted by molar-refractivity contribution is 8.01. The van der Waals surface area contributed by atoms with Crippen molar-refractivity contribution in [2.75, 3.05) is 21.6 Å². The number of hydrogen-bond donors (Lipinski definition) is 1. The molecule has 12 heteroatoms. The van der Waals surface area contributed by atoms with Crippen LogP contribution in [0.3, 0.4) is 0 Å². The SMILES string of the molecule is CCCSc1nnc(NC(=O)[C@H](C)N(c2cc(Cl)ccc2Cl)S(C)(=O)=O)s1. The van der Waals surface area contributed by atoms with Crippen LogP contribution in [0.25, 0.3) is 0 Å². The van der Waals surface area contributed by atoms with Gasteiger partial charge in [-0.1, -0.05) is 53.2 Å². The van der Waals surface area contributed by atoms with Crippen molar-refractivity contribution in [1.82, 2.24) is 10.2 Å². The molecule has 1 aromatic heterocycles. The summed E-state index contributed by atoms with van der Waals surface area (Å²) >= 11 is 14.9. The number of amides is 1. The van der Waals surface area contributed by atoms with E-state index in [9.17, 15) is 13.2 Å². The molecular weight excluding hydrogens is 451 g/mol. The van der Waals surface area contributed by atoms with Gasteiger partial charge in [-0.2, -0.15) is 0 Å². The molecule has 1 N–H and O–H groups in total. The first-order valence-corrected chi connectivity index (χ1v) is 12.3. The molecule has 0 radical (unpaired) electrons. The molecule has 1 amide bonds. The molecule has 0 aliphatic heterocycles. The van der Waals surface area contributed by atoms with Gasteiger partial charge in [0, 0.05) is 10.8 Å². The molecule has 148 valence electrons. The fourth-order valence-corrected chi connectivity index (χ4v) is 5.44. The molecule has 2 aromatic rings. The number of benzene rings is 1. The third-order valence-corrected chi connectivity index (χ3v) is 7.26. The van der Waals surface area contributed by atoms with E-state index >= 15 is 0 Å². The Hall–Kier alpha value is -1.07. The molecule has 7 nitrogen and oxygen atoms in total. The fourth-order valence-electron chi connectivity index (χ4n) is 2.15. The molecule has 0 fully saturated rings. The van der Waals surface area contributed by atoms with Crippen LogP contribution in [0.2, 0.25) is 10.0 Å². The smallest absolute Gasteiger partial charge is 0.249 e. The van der Waals surface area contributed by atoms with Crippen LogP contribution in [0.5, 0.6) is 0 Å². The number of carbonyl (C=O) groups excluding carboxylic acids is 1. The Balaban J connectivity index is 2.25. The molecule has 27 heavy (non-hydrogen) atoms. The van der Waals surface area contributed by atoms with Gasteiger partial charge < -0.3 is 0 Å². The molecule has 0 aliphatic rings. The summed E-state index contributed by atoms with van der Waals surface area (Å²) in [6.45, 7) is 3.51. The van der Waals surface area contributed by atoms with Crippen LogP contribution in [0.4, 0.5) is 10.8 Å². The first-order valence-electron chi connectivity index (χ1n) is 7.85. The molecule has 0 aliphatic carbocycles. The molecular formula is C15H18Cl2N4O3S3. The van der Waals surface area contributed by atoms with E-state index < -0.39 is 22.0 Å². The van der Waals surface area contributed by atoms with Crippen LogP contribution in [0.1, 0.15) is 20.3 Å². The number of hydrogen-bond acceptors (Lipinski definition) is 7. The van der Waals surface area contributed by atoms with Crippen molar-refractivity contribution in [3.05, 3.63) is 28.2 Å². The maximum Gasteiger partial charge on any atom is 0.249 e. The lowest BCUT2D eigenvalue weighted by molar-refractivity contribution is -0.116. The number of aromatic nitrogens is 2. The molecule has 1 aromatic carbocycles. The van der Waals surface area contributed by atoms with Crippen molar-refractivity contribution >= 4 is 73.0 Å². The van der Waals surface area contributed by atoms with E-state index in [4.69, 9.17) is 23.2 Å². The number of nitrogens with one attached hydrogen (secondary N) is 1. The standard InChI is InChI=1S/C15H18Cl2N4O3S3/c1-4-7-25-15-20-19-14(26-15)18-13(22)9(2)21(27(3,23)24)12-8-10(16)5-6-11(12)17/h5-6,8-9H,4,7H2,1-3H3,(H,18,19,22)/t9-/m0/s1. The van der Waals surface area contributed by atoms with Crippen molar-refractivity contribution in [2.24, 2.45) is 0 Å². The first-order chi connectivity index (χ1) is 12.6. The third-order valence-electron chi connectivity index (χ3n) is 3.30. The van der Waals surface area contributed by atoms with Crippen LogP contribution in [-0.2, 0) is 14.8 Å². The Morgan fingerprint density at radius 1 is 1.37 bits per heavy atom. The van der Waals surface area contributed by atoms with Crippen LogP contribution in [0.15, 0.2) is 22.5 Å². The van der Waals surface area contributed by atoms with E-state index in [-0.39, 0.29) is 10.7 Å². The van der Waals surface area contributed by atoms with E-state index in [2.05, 4.69) is 22.4 Å². The minimum Gasteiger partial charge on any atom is -0.299 e. The Morgan fingerprint density at radius 3 is 2.70 bits per heavy atom. The quantitative estimate of drug-likeness (QED) is 0.462. The van der Waals surface area contributed by atoms with Gasteiger partial charge in [0.1, 0.15) is 6.04 Å². The molecule has 0 bridgehead atoms. The molecule has 0 saturated carbocycles. The van der Waals surface area contributed by atoms with Gasteiger partial charge in [0.25, 0.3) is 0 Å². The minimum absolute atomic E-state index is 0.130. The molecule has 2 rings (SSSR count). The van der Waals surface area contributed by atoms with Gasteiger partial charge >= 0.3 is 0 Å². The van der Waals surface area contributed by atoms with Gasteiger partial charge in [-0.15, -0.1) is 10.2 Å². The number of anilines is 2. The second-order valence-corrected chi connectivity index (χ2v) is 10.6. The summed E-state index contributed by atoms with van der Waals surface area (Å²) in [5.41, 5.74) is 0.130. The number of rotatable bonds is 8. The van der Waals surface area contributed by atoms with Crippen LogP contribution >= 0.6 is 46.3 Å². The van der Waals surface area contributed by atoms with E-state index in [1.807, 2.05) is 0 Å². The van der Waals surface area contributed by atoms with Gasteiger partial charge in [-0.05, 0) is 31.5 Å². The summed E-state index contributed by atoms with van der Waals surface area (Å²) in [7, 11) is -3.81. The number of nitrogens with zero attached hydrogens (tertiary/aromatic N) is 3. The fraction of sp³-hybridized carbons (Fsp3) is 0.400. The summed E-state index contributed by atoms with van der Waals surface area (Å²) < 4.78 is 26.3. The normalized spacial score (nSPS) is 12.6. The van der Waals surface area contributed by atoms with Crippen LogP contribution in [-0.4, -0.2) is 42.6 Å². The van der Waals surface area contributed by atoms with E-state index in [1.165, 1.54) is 36.5 Å². The van der Waals surface area contributed by atoms with Gasteiger partial charge in [0.05, 0.1) is 17.0 Å². The Kier molecular flexibility index (Phi) is 7.75. The van der Waals surface area contributed by atoms with Gasteiger partial charge in [0.2, 0.25) is 21.1 Å². The number of thioether (sulfide) groups is 1. The zero-order chi connectivity index (χ0) is 20.2. The zero-order valence-corrected chi connectivity index (χ0v) is 18.7. The topological polar surface area (TPSA) is 92.3 Å². The number of carbonyl (C=O) groups is 1. The molecule has 1 atom stereocenters. The highest BCUT2D eigenvalue weighted by atomic mass is 35.5. The maximum absolute atomic E-state index is 12.6. The largest absolute Gasteiger partial charge is 0.299 e. The summed E-state index contributed by atoms with van der Waals surface area (Å²) in [5, 5.41) is 11.3. The van der Waals surface area contributed by atoms with Crippen molar-refractivity contribution in [1.29, 1.82) is 0 Å². The predicted octanol–water partition coefficient (Wildman–Crippen LogP) is 4.14. The highest BCUT2D eigenvalue weighted by Gasteiger charge is 2.31. The molecule has 0 spiro atoms. The van der Waals surface area contributed by atoms with Crippen LogP contribution in [0, 0.1) is 0 Å². The number of halogens is 2. The van der Waals surface area contributed by atoms with Gasteiger partial charge in [0.15, 0.2) is 4.34 Å². The van der Waals surface area contributed by atoms with E-state index in [1.54, 1.807) is 11.8 Å². The summed E-state index contributed by atoms with van der Waals surface area (Å²) in [4.78, 5) is 12.6. The minimum atomic E-state index is -3.81. The Bertz CT molecular complexity index is 921. The summed E-state index contributed by atoms with van der Waals surface area (Å²) in [6, 6.07) is 3.34. The van der Waals surface area contributed by atoms with Gasteiger partial charge in [-0.25, -0.2) is 8.42 Å². The summed E-state index contributed by atoms with van der Waals surface area (Å²) in [6.07, 6.45) is 1.99. The summed E-state index contributed by atoms with van der Waals surface area (Å²) in [5.74, 6) is 0.341. The average molecular weight is 469 g/mol. The lowest BCUT2D eigenvalue weighted by Gasteiger charge is -2.28. The third kappa shape index (κ3) is 5.95. The first kappa shape index (κ1) is 22.2. The monoisotopic (exact) mass is 468 g/mol. The second-order valence-electron chi connectivity index (χ2n) is 5.54. The second kappa shape index (κ2) is 9.42. The Morgan fingerprint density at radius 2 is 2.07 bits per heavy atom. The van der Waals surface area contributed by atoms with Crippen molar-refractivity contribution in [2.45, 2.75) is 30.6 Å². The predicted molar refractivity (Wildman–Crippen MR) is 113 cm³/mol. The lowest BCUT2D eigenvalue weighted by atomic mass is 10.2. The van der Waals surface area contributed by atoms with Crippen LogP contribution < -0.4 is 9.62 Å².